The molecule has 0 aliphatic heterocycles. The molecule has 1 rings (SSSR count). The molecule has 1 aromatic rings. The number of ether oxygens (including phenoxy) is 1. The topological polar surface area (TPSA) is 50.4 Å². The third-order valence-electron chi connectivity index (χ3n) is 2.37. The van der Waals surface area contributed by atoms with Crippen molar-refractivity contribution in [2.24, 2.45) is 0 Å². The lowest BCUT2D eigenvalue weighted by atomic mass is 10.2. The molecule has 1 aromatic carbocycles. The van der Waals surface area contributed by atoms with E-state index in [1.54, 1.807) is 6.92 Å². The van der Waals surface area contributed by atoms with Crippen molar-refractivity contribution in [2.75, 3.05) is 11.9 Å². The fourth-order valence-electron chi connectivity index (χ4n) is 1.51. The Kier molecular flexibility index (Phi) is 5.74. The van der Waals surface area contributed by atoms with E-state index in [1.807, 2.05) is 38.1 Å². The minimum Gasteiger partial charge on any atom is -0.491 e. The Hall–Kier alpha value is -2.15. The molecule has 0 aromatic heterocycles. The van der Waals surface area contributed by atoms with Gasteiger partial charge in [-0.2, -0.15) is 0 Å². The number of anilines is 1. The van der Waals surface area contributed by atoms with E-state index < -0.39 is 0 Å². The molecule has 1 atom stereocenters. The smallest absolute Gasteiger partial charge is 0.242 e. The van der Waals surface area contributed by atoms with Crippen LogP contribution in [0, 0.1) is 12.3 Å². The third-order valence-corrected chi connectivity index (χ3v) is 2.37. The summed E-state index contributed by atoms with van der Waals surface area (Å²) in [6.07, 6.45) is 5.23. The molecule has 1 amide bonds. The zero-order valence-electron chi connectivity index (χ0n) is 11.6. The fraction of sp³-hybridized carbons (Fsp3) is 0.400. The van der Waals surface area contributed by atoms with E-state index in [0.717, 1.165) is 11.4 Å². The first kappa shape index (κ1) is 14.9. The summed E-state index contributed by atoms with van der Waals surface area (Å²) in [7, 11) is 0. The van der Waals surface area contributed by atoms with E-state index in [1.165, 1.54) is 0 Å². The van der Waals surface area contributed by atoms with Crippen LogP contribution in [0.1, 0.15) is 20.8 Å². The van der Waals surface area contributed by atoms with Gasteiger partial charge in [0.1, 0.15) is 11.8 Å². The Labute approximate surface area is 114 Å². The van der Waals surface area contributed by atoms with Crippen LogP contribution in [0.3, 0.4) is 0 Å². The highest BCUT2D eigenvalue weighted by atomic mass is 16.5. The number of benzene rings is 1. The van der Waals surface area contributed by atoms with Crippen LogP contribution in [-0.4, -0.2) is 24.6 Å². The molecular weight excluding hydrogens is 240 g/mol. The Morgan fingerprint density at radius 3 is 2.47 bits per heavy atom. The first-order chi connectivity index (χ1) is 9.02. The minimum absolute atomic E-state index is 0.125. The summed E-state index contributed by atoms with van der Waals surface area (Å²) in [6.45, 7) is 5.98. The van der Waals surface area contributed by atoms with Crippen molar-refractivity contribution in [2.45, 2.75) is 32.9 Å². The monoisotopic (exact) mass is 260 g/mol. The second-order valence-corrected chi connectivity index (χ2v) is 4.48. The lowest BCUT2D eigenvalue weighted by molar-refractivity contribution is -0.121. The minimum atomic E-state index is -0.342. The average molecular weight is 260 g/mol. The van der Waals surface area contributed by atoms with Crippen molar-refractivity contribution in [3.63, 3.8) is 0 Å². The Morgan fingerprint density at radius 1 is 1.32 bits per heavy atom. The van der Waals surface area contributed by atoms with E-state index in [2.05, 4.69) is 16.6 Å². The van der Waals surface area contributed by atoms with Crippen LogP contribution >= 0.6 is 0 Å². The maximum Gasteiger partial charge on any atom is 0.242 e. The van der Waals surface area contributed by atoms with Gasteiger partial charge in [-0.15, -0.1) is 6.42 Å². The number of hydrogen-bond donors (Lipinski definition) is 2. The van der Waals surface area contributed by atoms with Crippen molar-refractivity contribution < 1.29 is 9.53 Å². The summed E-state index contributed by atoms with van der Waals surface area (Å²) in [5.41, 5.74) is 0.861. The molecule has 0 saturated heterocycles. The van der Waals surface area contributed by atoms with Crippen LogP contribution in [0.2, 0.25) is 0 Å². The number of rotatable bonds is 6. The molecule has 19 heavy (non-hydrogen) atoms. The SMILES string of the molecule is C#CCNC(=O)C(C)Nc1ccc(OC(C)C)cc1. The van der Waals surface area contributed by atoms with Crippen LogP contribution in [0.4, 0.5) is 5.69 Å². The number of terminal acetylenes is 1. The molecule has 2 N–H and O–H groups in total. The Bertz CT molecular complexity index is 446. The van der Waals surface area contributed by atoms with Crippen LogP contribution in [0.25, 0.3) is 0 Å². The number of amides is 1. The van der Waals surface area contributed by atoms with Gasteiger partial charge in [-0.3, -0.25) is 4.79 Å². The zero-order chi connectivity index (χ0) is 14.3. The van der Waals surface area contributed by atoms with Gasteiger partial charge in [0.2, 0.25) is 5.91 Å². The van der Waals surface area contributed by atoms with Crippen molar-refractivity contribution in [1.82, 2.24) is 5.32 Å². The highest BCUT2D eigenvalue weighted by Crippen LogP contribution is 2.17. The Balaban J connectivity index is 2.53. The van der Waals surface area contributed by atoms with Gasteiger partial charge >= 0.3 is 0 Å². The number of carbonyl (C=O) groups excluding carboxylic acids is 1. The van der Waals surface area contributed by atoms with Crippen molar-refractivity contribution in [3.8, 4) is 18.1 Å². The standard InChI is InChI=1S/C15H20N2O2/c1-5-10-16-15(18)12(4)17-13-6-8-14(9-7-13)19-11(2)3/h1,6-9,11-12,17H,10H2,2-4H3,(H,16,18). The fourth-order valence-corrected chi connectivity index (χ4v) is 1.51. The quantitative estimate of drug-likeness (QED) is 0.769. The molecule has 0 aliphatic rings. The van der Waals surface area contributed by atoms with E-state index in [9.17, 15) is 4.79 Å². The maximum atomic E-state index is 11.6. The number of nitrogens with one attached hydrogen (secondary N) is 2. The molecule has 0 heterocycles. The lowest BCUT2D eigenvalue weighted by Gasteiger charge is -2.15. The average Bonchev–Trinajstić information content (AvgIpc) is 2.37. The van der Waals surface area contributed by atoms with Gasteiger partial charge in [-0.1, -0.05) is 5.92 Å². The van der Waals surface area contributed by atoms with Crippen LogP contribution < -0.4 is 15.4 Å². The van der Waals surface area contributed by atoms with E-state index >= 15 is 0 Å². The molecule has 0 spiro atoms. The first-order valence-corrected chi connectivity index (χ1v) is 6.27. The van der Waals surface area contributed by atoms with Crippen molar-refractivity contribution in [3.05, 3.63) is 24.3 Å². The van der Waals surface area contributed by atoms with Gasteiger partial charge in [-0.05, 0) is 45.0 Å². The molecule has 1 unspecified atom stereocenters. The highest BCUT2D eigenvalue weighted by Gasteiger charge is 2.11. The maximum absolute atomic E-state index is 11.6. The van der Waals surface area contributed by atoms with Crippen LogP contribution in [0.5, 0.6) is 5.75 Å². The largest absolute Gasteiger partial charge is 0.491 e. The summed E-state index contributed by atoms with van der Waals surface area (Å²) >= 11 is 0. The van der Waals surface area contributed by atoms with Crippen molar-refractivity contribution in [1.29, 1.82) is 0 Å². The van der Waals surface area contributed by atoms with Gasteiger partial charge in [-0.25, -0.2) is 0 Å². The van der Waals surface area contributed by atoms with E-state index in [-0.39, 0.29) is 24.6 Å². The molecule has 0 fully saturated rings. The second-order valence-electron chi connectivity index (χ2n) is 4.48. The van der Waals surface area contributed by atoms with Crippen LogP contribution in [0.15, 0.2) is 24.3 Å². The highest BCUT2D eigenvalue weighted by molar-refractivity contribution is 5.84. The van der Waals surface area contributed by atoms with Gasteiger partial charge in [0, 0.05) is 5.69 Å². The Morgan fingerprint density at radius 2 is 1.95 bits per heavy atom. The molecule has 0 saturated carbocycles. The van der Waals surface area contributed by atoms with Gasteiger partial charge in [0.25, 0.3) is 0 Å². The molecule has 0 radical (unpaired) electrons. The second kappa shape index (κ2) is 7.32. The zero-order valence-corrected chi connectivity index (χ0v) is 11.6. The molecule has 4 nitrogen and oxygen atoms in total. The predicted octanol–water partition coefficient (Wildman–Crippen LogP) is 2.02. The molecule has 4 heteroatoms. The van der Waals surface area contributed by atoms with Gasteiger partial charge in [0.15, 0.2) is 0 Å². The van der Waals surface area contributed by atoms with Gasteiger partial charge in [0.05, 0.1) is 12.6 Å². The summed E-state index contributed by atoms with van der Waals surface area (Å²) < 4.78 is 5.55. The van der Waals surface area contributed by atoms with Crippen molar-refractivity contribution >= 4 is 11.6 Å². The summed E-state index contributed by atoms with van der Waals surface area (Å²) in [5, 5.41) is 5.72. The molecule has 0 aliphatic carbocycles. The predicted molar refractivity (Wildman–Crippen MR) is 77.1 cm³/mol. The molecular formula is C15H20N2O2. The normalized spacial score (nSPS) is 11.5. The third kappa shape index (κ3) is 5.35. The summed E-state index contributed by atoms with van der Waals surface area (Å²) in [6, 6.07) is 7.15. The number of hydrogen-bond acceptors (Lipinski definition) is 3. The summed E-state index contributed by atoms with van der Waals surface area (Å²) in [4.78, 5) is 11.6. The lowest BCUT2D eigenvalue weighted by Crippen LogP contribution is -2.37. The molecule has 0 bridgehead atoms. The van der Waals surface area contributed by atoms with E-state index in [0.29, 0.717) is 0 Å². The van der Waals surface area contributed by atoms with E-state index in [4.69, 9.17) is 11.2 Å². The first-order valence-electron chi connectivity index (χ1n) is 6.27. The summed E-state index contributed by atoms with van der Waals surface area (Å²) in [5.74, 6) is 3.05. The number of carbonyl (C=O) groups is 1. The van der Waals surface area contributed by atoms with Crippen LogP contribution in [-0.2, 0) is 4.79 Å². The molecule has 102 valence electrons. The van der Waals surface area contributed by atoms with Gasteiger partial charge < -0.3 is 15.4 Å².